The Morgan fingerprint density at radius 3 is 2.53 bits per heavy atom. The molecule has 1 aliphatic rings. The lowest BCUT2D eigenvalue weighted by Crippen LogP contribution is -2.27. The summed E-state index contributed by atoms with van der Waals surface area (Å²) in [6.45, 7) is 3.32. The van der Waals surface area contributed by atoms with E-state index in [1.807, 2.05) is 42.6 Å². The average Bonchev–Trinajstić information content (AvgIpc) is 3.21. The number of amides is 1. The maximum absolute atomic E-state index is 12.7. The summed E-state index contributed by atoms with van der Waals surface area (Å²) in [6, 6.07) is 15.0. The van der Waals surface area contributed by atoms with E-state index in [1.54, 1.807) is 0 Å². The highest BCUT2D eigenvalue weighted by atomic mass is 32.2. The largest absolute Gasteiger partial charge is 0.490 e. The number of hydrogen-bond acceptors (Lipinski definition) is 6. The van der Waals surface area contributed by atoms with Crippen molar-refractivity contribution in [3.05, 3.63) is 76.0 Å². The van der Waals surface area contributed by atoms with E-state index in [4.69, 9.17) is 9.47 Å². The number of rotatable bonds is 7. The standard InChI is InChI=1S/C23H24N2O5S2/c1-16(18-7-10-21-22(14-18)30-12-3-11-29-21)25-23(26)17-5-8-20(9-6-17)32(27,28)24-15-19-4-2-13-31-19/h2,4-10,13-14,16,24H,3,11-12,15H2,1H3,(H,25,26). The number of thiophene rings is 1. The summed E-state index contributed by atoms with van der Waals surface area (Å²) < 4.78 is 38.9. The summed E-state index contributed by atoms with van der Waals surface area (Å²) in [5.41, 5.74) is 1.27. The average molecular weight is 473 g/mol. The molecule has 4 rings (SSSR count). The predicted molar refractivity (Wildman–Crippen MR) is 123 cm³/mol. The van der Waals surface area contributed by atoms with Gasteiger partial charge in [-0.25, -0.2) is 13.1 Å². The van der Waals surface area contributed by atoms with Crippen molar-refractivity contribution in [1.82, 2.24) is 10.0 Å². The number of benzene rings is 2. The Morgan fingerprint density at radius 2 is 1.81 bits per heavy atom. The molecule has 2 heterocycles. The third kappa shape index (κ3) is 5.29. The molecule has 0 spiro atoms. The zero-order valence-electron chi connectivity index (χ0n) is 17.5. The molecule has 2 aromatic carbocycles. The predicted octanol–water partition coefficient (Wildman–Crippen LogP) is 3.88. The van der Waals surface area contributed by atoms with E-state index < -0.39 is 10.0 Å². The van der Waals surface area contributed by atoms with Crippen LogP contribution in [-0.2, 0) is 16.6 Å². The lowest BCUT2D eigenvalue weighted by Gasteiger charge is -2.16. The molecule has 0 aliphatic carbocycles. The molecule has 1 amide bonds. The summed E-state index contributed by atoms with van der Waals surface area (Å²) in [5, 5.41) is 4.83. The fourth-order valence-electron chi connectivity index (χ4n) is 3.26. The van der Waals surface area contributed by atoms with E-state index >= 15 is 0 Å². The first-order chi connectivity index (χ1) is 15.4. The molecular weight excluding hydrogens is 448 g/mol. The zero-order valence-corrected chi connectivity index (χ0v) is 19.2. The maximum atomic E-state index is 12.7. The van der Waals surface area contributed by atoms with Crippen LogP contribution in [-0.4, -0.2) is 27.5 Å². The molecule has 0 fully saturated rings. The van der Waals surface area contributed by atoms with E-state index in [9.17, 15) is 13.2 Å². The molecule has 9 heteroatoms. The van der Waals surface area contributed by atoms with E-state index in [2.05, 4.69) is 10.0 Å². The van der Waals surface area contributed by atoms with Gasteiger partial charge in [0.15, 0.2) is 11.5 Å². The first-order valence-electron chi connectivity index (χ1n) is 10.2. The molecule has 0 saturated heterocycles. The topological polar surface area (TPSA) is 93.7 Å². The Hall–Kier alpha value is -2.88. The first-order valence-corrected chi connectivity index (χ1v) is 12.6. The molecule has 3 aromatic rings. The number of ether oxygens (including phenoxy) is 2. The van der Waals surface area contributed by atoms with Crippen LogP contribution < -0.4 is 19.5 Å². The number of carbonyl (C=O) groups excluding carboxylic acids is 1. The van der Waals surface area contributed by atoms with Crippen LogP contribution in [0.25, 0.3) is 0 Å². The van der Waals surface area contributed by atoms with Crippen LogP contribution in [0.4, 0.5) is 0 Å². The summed E-state index contributed by atoms with van der Waals surface area (Å²) >= 11 is 1.48. The number of sulfonamides is 1. The van der Waals surface area contributed by atoms with Crippen molar-refractivity contribution in [2.24, 2.45) is 0 Å². The van der Waals surface area contributed by atoms with Gasteiger partial charge >= 0.3 is 0 Å². The van der Waals surface area contributed by atoms with Crippen LogP contribution >= 0.6 is 11.3 Å². The van der Waals surface area contributed by atoms with Crippen LogP contribution in [0.5, 0.6) is 11.5 Å². The molecule has 168 valence electrons. The molecule has 1 atom stereocenters. The molecule has 0 radical (unpaired) electrons. The highest BCUT2D eigenvalue weighted by Gasteiger charge is 2.18. The van der Waals surface area contributed by atoms with E-state index in [0.29, 0.717) is 30.3 Å². The third-order valence-corrected chi connectivity index (χ3v) is 7.36. The molecule has 32 heavy (non-hydrogen) atoms. The fourth-order valence-corrected chi connectivity index (χ4v) is 5.00. The van der Waals surface area contributed by atoms with E-state index in [1.165, 1.54) is 35.6 Å². The van der Waals surface area contributed by atoms with Gasteiger partial charge in [0, 0.05) is 23.4 Å². The number of nitrogens with one attached hydrogen (secondary N) is 2. The van der Waals surface area contributed by atoms with Gasteiger partial charge in [0.1, 0.15) is 0 Å². The Morgan fingerprint density at radius 1 is 1.06 bits per heavy atom. The van der Waals surface area contributed by atoms with E-state index in [0.717, 1.165) is 16.9 Å². The lowest BCUT2D eigenvalue weighted by atomic mass is 10.1. The Balaban J connectivity index is 1.39. The second-order valence-electron chi connectivity index (χ2n) is 7.38. The van der Waals surface area contributed by atoms with Crippen molar-refractivity contribution in [1.29, 1.82) is 0 Å². The van der Waals surface area contributed by atoms with Crippen molar-refractivity contribution in [2.75, 3.05) is 13.2 Å². The highest BCUT2D eigenvalue weighted by molar-refractivity contribution is 7.89. The Bertz CT molecular complexity index is 1180. The first kappa shape index (κ1) is 22.3. The van der Waals surface area contributed by atoms with Gasteiger partial charge in [0.2, 0.25) is 10.0 Å². The normalized spacial score (nSPS) is 14.4. The number of fused-ring (bicyclic) bond motifs is 1. The van der Waals surface area contributed by atoms with Gasteiger partial charge in [-0.3, -0.25) is 4.79 Å². The highest BCUT2D eigenvalue weighted by Crippen LogP contribution is 2.32. The van der Waals surface area contributed by atoms with Gasteiger partial charge in [-0.05, 0) is 60.3 Å². The van der Waals surface area contributed by atoms with Gasteiger partial charge in [-0.1, -0.05) is 12.1 Å². The van der Waals surface area contributed by atoms with Gasteiger partial charge in [-0.15, -0.1) is 11.3 Å². The third-order valence-electron chi connectivity index (χ3n) is 5.06. The minimum absolute atomic E-state index is 0.113. The molecule has 1 unspecified atom stereocenters. The van der Waals surface area contributed by atoms with Crippen LogP contribution in [0.3, 0.4) is 0 Å². The second kappa shape index (κ2) is 9.72. The minimum Gasteiger partial charge on any atom is -0.490 e. The molecule has 0 bridgehead atoms. The van der Waals surface area contributed by atoms with Crippen molar-refractivity contribution in [3.8, 4) is 11.5 Å². The number of carbonyl (C=O) groups is 1. The van der Waals surface area contributed by atoms with Gasteiger partial charge in [0.05, 0.1) is 24.2 Å². The van der Waals surface area contributed by atoms with Crippen LogP contribution in [0.1, 0.15) is 40.2 Å². The van der Waals surface area contributed by atoms with Crippen LogP contribution in [0.15, 0.2) is 64.9 Å². The molecule has 1 aromatic heterocycles. The summed E-state index contributed by atoms with van der Waals surface area (Å²) in [6.07, 6.45) is 0.825. The minimum atomic E-state index is -3.66. The Kier molecular flexibility index (Phi) is 6.78. The van der Waals surface area contributed by atoms with Gasteiger partial charge < -0.3 is 14.8 Å². The van der Waals surface area contributed by atoms with Crippen molar-refractivity contribution in [3.63, 3.8) is 0 Å². The molecule has 7 nitrogen and oxygen atoms in total. The molecule has 0 saturated carbocycles. The van der Waals surface area contributed by atoms with Crippen LogP contribution in [0.2, 0.25) is 0 Å². The maximum Gasteiger partial charge on any atom is 0.251 e. The summed E-state index contributed by atoms with van der Waals surface area (Å²) in [5.74, 6) is 1.08. The quantitative estimate of drug-likeness (QED) is 0.544. The van der Waals surface area contributed by atoms with Crippen molar-refractivity contribution >= 4 is 27.3 Å². The fraction of sp³-hybridized carbons (Fsp3) is 0.261. The SMILES string of the molecule is CC(NC(=O)c1ccc(S(=O)(=O)NCc2cccs2)cc1)c1ccc2c(c1)OCCCO2. The summed E-state index contributed by atoms with van der Waals surface area (Å²) in [7, 11) is -3.66. The van der Waals surface area contributed by atoms with Crippen molar-refractivity contribution in [2.45, 2.75) is 30.8 Å². The Labute approximate surface area is 191 Å². The molecular formula is C23H24N2O5S2. The zero-order chi connectivity index (χ0) is 22.6. The number of hydrogen-bond donors (Lipinski definition) is 2. The summed E-state index contributed by atoms with van der Waals surface area (Å²) in [4.78, 5) is 13.7. The monoisotopic (exact) mass is 472 g/mol. The van der Waals surface area contributed by atoms with E-state index in [-0.39, 0.29) is 23.4 Å². The molecule has 1 aliphatic heterocycles. The lowest BCUT2D eigenvalue weighted by molar-refractivity contribution is 0.0939. The smallest absolute Gasteiger partial charge is 0.251 e. The van der Waals surface area contributed by atoms with Crippen molar-refractivity contribution < 1.29 is 22.7 Å². The molecule has 2 N–H and O–H groups in total. The van der Waals surface area contributed by atoms with Gasteiger partial charge in [-0.2, -0.15) is 0 Å². The second-order valence-corrected chi connectivity index (χ2v) is 10.2. The van der Waals surface area contributed by atoms with Crippen LogP contribution in [0, 0.1) is 0 Å². The van der Waals surface area contributed by atoms with Gasteiger partial charge in [0.25, 0.3) is 5.91 Å².